The molecule has 4 atom stereocenters. The van der Waals surface area contributed by atoms with Crippen LogP contribution in [0.15, 0.2) is 42.5 Å². The normalized spacial score (nSPS) is 24.6. The van der Waals surface area contributed by atoms with Gasteiger partial charge in [-0.2, -0.15) is 0 Å². The first kappa shape index (κ1) is 24.0. The van der Waals surface area contributed by atoms with Crippen molar-refractivity contribution >= 4 is 0 Å². The van der Waals surface area contributed by atoms with Crippen LogP contribution >= 0.6 is 0 Å². The quantitative estimate of drug-likeness (QED) is 0.293. The Labute approximate surface area is 199 Å². The third-order valence-corrected chi connectivity index (χ3v) is 8.09. The molecule has 1 unspecified atom stereocenters. The van der Waals surface area contributed by atoms with Gasteiger partial charge in [0.25, 0.3) is 0 Å². The fraction of sp³-hybridized carbons (Fsp3) is 0.548. The Morgan fingerprint density at radius 3 is 2.21 bits per heavy atom. The first-order valence-corrected chi connectivity index (χ1v) is 13.2. The second-order valence-corrected chi connectivity index (χ2v) is 10.4. The van der Waals surface area contributed by atoms with Crippen LogP contribution in [-0.4, -0.2) is 0 Å². The molecule has 176 valence electrons. The van der Waals surface area contributed by atoms with Crippen LogP contribution < -0.4 is 0 Å². The van der Waals surface area contributed by atoms with Crippen molar-refractivity contribution in [2.75, 3.05) is 0 Å². The lowest BCUT2D eigenvalue weighted by molar-refractivity contribution is 0.113. The van der Waals surface area contributed by atoms with E-state index in [0.717, 1.165) is 35.4 Å². The predicted molar refractivity (Wildman–Crippen MR) is 133 cm³/mol. The summed E-state index contributed by atoms with van der Waals surface area (Å²) in [5.74, 6) is 7.84. The minimum absolute atomic E-state index is 0.493. The van der Waals surface area contributed by atoms with Gasteiger partial charge < -0.3 is 0 Å². The third-order valence-electron chi connectivity index (χ3n) is 8.09. The maximum Gasteiger partial charge on any atom is 0.160 e. The number of hydrogen-bond acceptors (Lipinski definition) is 0. The van der Waals surface area contributed by atoms with E-state index in [-0.39, 0.29) is 0 Å². The highest BCUT2D eigenvalue weighted by molar-refractivity contribution is 5.44. The zero-order valence-electron chi connectivity index (χ0n) is 20.1. The molecule has 2 saturated carbocycles. The van der Waals surface area contributed by atoms with Crippen molar-refractivity contribution in [3.05, 3.63) is 70.8 Å². The fourth-order valence-corrected chi connectivity index (χ4v) is 6.14. The molecule has 0 heterocycles. The first-order valence-electron chi connectivity index (χ1n) is 13.2. The molecule has 2 heteroatoms. The molecule has 0 radical (unpaired) electrons. The number of fused-ring (bicyclic) bond motifs is 1. The molecule has 4 rings (SSSR count). The zero-order valence-corrected chi connectivity index (χ0v) is 20.1. The molecule has 2 fully saturated rings. The molecular weight excluding hydrogens is 410 g/mol. The molecule has 2 aliphatic carbocycles. The molecule has 2 aliphatic rings. The van der Waals surface area contributed by atoms with Crippen LogP contribution in [0.5, 0.6) is 0 Å². The van der Waals surface area contributed by atoms with Gasteiger partial charge in [-0.05, 0) is 91.7 Å². The van der Waals surface area contributed by atoms with Gasteiger partial charge >= 0.3 is 0 Å². The summed E-state index contributed by atoms with van der Waals surface area (Å²) >= 11 is 0. The van der Waals surface area contributed by atoms with Crippen molar-refractivity contribution in [1.82, 2.24) is 0 Å². The minimum Gasteiger partial charge on any atom is -0.204 e. The van der Waals surface area contributed by atoms with E-state index >= 15 is 0 Å². The van der Waals surface area contributed by atoms with E-state index in [2.05, 4.69) is 43.0 Å². The van der Waals surface area contributed by atoms with Gasteiger partial charge in [0, 0.05) is 11.1 Å². The molecule has 2 aromatic rings. The van der Waals surface area contributed by atoms with Crippen LogP contribution in [0.3, 0.4) is 0 Å². The second-order valence-electron chi connectivity index (χ2n) is 10.4. The largest absolute Gasteiger partial charge is 0.204 e. The predicted octanol–water partition coefficient (Wildman–Crippen LogP) is 9.03. The van der Waals surface area contributed by atoms with Crippen LogP contribution in [0, 0.1) is 41.2 Å². The number of unbranched alkanes of at least 4 members (excludes halogenated alkanes) is 4. The minimum atomic E-state index is -0.853. The lowest BCUT2D eigenvalue weighted by atomic mass is 9.63. The van der Waals surface area contributed by atoms with Gasteiger partial charge in [-0.1, -0.05) is 75.8 Å². The topological polar surface area (TPSA) is 0 Å². The molecule has 0 bridgehead atoms. The monoisotopic (exact) mass is 448 g/mol. The summed E-state index contributed by atoms with van der Waals surface area (Å²) in [6.07, 6.45) is 16.9. The summed E-state index contributed by atoms with van der Waals surface area (Å²) in [6, 6.07) is 12.4. The van der Waals surface area contributed by atoms with Crippen molar-refractivity contribution < 1.29 is 8.78 Å². The van der Waals surface area contributed by atoms with Gasteiger partial charge in [-0.25, -0.2) is 8.78 Å². The molecule has 0 spiro atoms. The highest BCUT2D eigenvalue weighted by atomic mass is 19.2. The van der Waals surface area contributed by atoms with E-state index in [1.807, 2.05) is 0 Å². The molecule has 33 heavy (non-hydrogen) atoms. The van der Waals surface area contributed by atoms with Crippen LogP contribution in [0.4, 0.5) is 8.78 Å². The Morgan fingerprint density at radius 2 is 1.42 bits per heavy atom. The Hall–Kier alpha value is -2.14. The smallest absolute Gasteiger partial charge is 0.160 e. The average molecular weight is 449 g/mol. The fourth-order valence-electron chi connectivity index (χ4n) is 6.14. The van der Waals surface area contributed by atoms with Crippen LogP contribution in [0.2, 0.25) is 0 Å². The molecule has 2 aromatic carbocycles. The van der Waals surface area contributed by atoms with Gasteiger partial charge in [0.2, 0.25) is 0 Å². The van der Waals surface area contributed by atoms with E-state index in [0.29, 0.717) is 11.5 Å². The summed E-state index contributed by atoms with van der Waals surface area (Å²) in [6.45, 7) is 2.29. The summed E-state index contributed by atoms with van der Waals surface area (Å²) in [7, 11) is 0. The van der Waals surface area contributed by atoms with Gasteiger partial charge in [0.05, 0.1) is 0 Å². The van der Waals surface area contributed by atoms with Crippen molar-refractivity contribution in [3.8, 4) is 11.8 Å². The lowest BCUT2D eigenvalue weighted by Gasteiger charge is -2.42. The summed E-state index contributed by atoms with van der Waals surface area (Å²) in [5, 5.41) is 0. The second kappa shape index (κ2) is 11.8. The van der Waals surface area contributed by atoms with E-state index in [1.54, 1.807) is 0 Å². The Balaban J connectivity index is 1.27. The van der Waals surface area contributed by atoms with E-state index in [1.165, 1.54) is 88.7 Å². The van der Waals surface area contributed by atoms with E-state index < -0.39 is 11.6 Å². The Bertz CT molecular complexity index is 949. The lowest BCUT2D eigenvalue weighted by Crippen LogP contribution is -2.30. The first-order chi connectivity index (χ1) is 16.1. The summed E-state index contributed by atoms with van der Waals surface area (Å²) < 4.78 is 26.4. The van der Waals surface area contributed by atoms with Gasteiger partial charge in [-0.3, -0.25) is 0 Å². The van der Waals surface area contributed by atoms with Crippen LogP contribution in [-0.2, 0) is 0 Å². The number of rotatable bonds is 7. The van der Waals surface area contributed by atoms with Gasteiger partial charge in [-0.15, -0.1) is 0 Å². The van der Waals surface area contributed by atoms with E-state index in [4.69, 9.17) is 0 Å². The van der Waals surface area contributed by atoms with Crippen molar-refractivity contribution in [3.63, 3.8) is 0 Å². The van der Waals surface area contributed by atoms with Crippen LogP contribution in [0.1, 0.15) is 107 Å². The third kappa shape index (κ3) is 6.69. The maximum absolute atomic E-state index is 13.4. The average Bonchev–Trinajstić information content (AvgIpc) is 2.84. The van der Waals surface area contributed by atoms with Gasteiger partial charge in [0.15, 0.2) is 11.6 Å². The molecule has 0 aromatic heterocycles. The standard InChI is InChI=1S/C31H38F2/c1-2-3-4-5-6-7-24-12-16-29-22-28(18-17-27(29)20-24)26-14-10-23(11-15-26)8-9-25-13-19-30(32)31(33)21-25/h10-11,13-15,19,21,24,27-29H,2-7,12,16-18,20,22H2,1H3/t24?,27-,28-,29-/m1/s1. The number of benzene rings is 2. The van der Waals surface area contributed by atoms with Crippen molar-refractivity contribution in [2.45, 2.75) is 89.9 Å². The van der Waals surface area contributed by atoms with Crippen LogP contribution in [0.25, 0.3) is 0 Å². The number of hydrogen-bond donors (Lipinski definition) is 0. The summed E-state index contributed by atoms with van der Waals surface area (Å²) in [4.78, 5) is 0. The highest BCUT2D eigenvalue weighted by Gasteiger charge is 2.35. The summed E-state index contributed by atoms with van der Waals surface area (Å²) in [5.41, 5.74) is 2.84. The highest BCUT2D eigenvalue weighted by Crippen LogP contribution is 2.48. The van der Waals surface area contributed by atoms with E-state index in [9.17, 15) is 8.78 Å². The van der Waals surface area contributed by atoms with Crippen molar-refractivity contribution in [1.29, 1.82) is 0 Å². The molecular formula is C31H38F2. The number of halogens is 2. The molecule has 0 nitrogen and oxygen atoms in total. The molecule has 0 saturated heterocycles. The SMILES string of the molecule is CCCCCCCC1CC[C@@H]2C[C@H](c3ccc(C#Cc4ccc(F)c(F)c4)cc3)CC[C@@H]2C1. The maximum atomic E-state index is 13.4. The Morgan fingerprint density at radius 1 is 0.727 bits per heavy atom. The zero-order chi connectivity index (χ0) is 23.0. The Kier molecular flexibility index (Phi) is 8.60. The molecule has 0 N–H and O–H groups in total. The molecule has 0 amide bonds. The van der Waals surface area contributed by atoms with Gasteiger partial charge in [0.1, 0.15) is 0 Å². The van der Waals surface area contributed by atoms with Crippen molar-refractivity contribution in [2.24, 2.45) is 17.8 Å². The molecule has 0 aliphatic heterocycles.